The fourth-order valence-corrected chi connectivity index (χ4v) is 2.97. The molecule has 1 aromatic heterocycles. The number of nitrogens with two attached hydrogens (primary N) is 1. The Labute approximate surface area is 144 Å². The molecule has 0 radical (unpaired) electrons. The molecule has 0 bridgehead atoms. The highest BCUT2D eigenvalue weighted by molar-refractivity contribution is 7.09. The zero-order chi connectivity index (χ0) is 16.8. The molecule has 0 saturated carbocycles. The van der Waals surface area contributed by atoms with Gasteiger partial charge in [0.25, 0.3) is 0 Å². The summed E-state index contributed by atoms with van der Waals surface area (Å²) in [6.45, 7) is 0.838. The molecule has 0 aliphatic carbocycles. The van der Waals surface area contributed by atoms with Gasteiger partial charge in [-0.05, 0) is 30.5 Å². The topological polar surface area (TPSA) is 80.9 Å². The summed E-state index contributed by atoms with van der Waals surface area (Å²) in [4.78, 5) is 15.7. The summed E-state index contributed by atoms with van der Waals surface area (Å²) in [6.07, 6.45) is 2.05. The fourth-order valence-electron chi connectivity index (χ4n) is 2.36. The number of rotatable bonds is 7. The number of hydrogen-bond donors (Lipinski definition) is 2. The summed E-state index contributed by atoms with van der Waals surface area (Å²) in [5, 5.41) is 4.08. The third-order valence-corrected chi connectivity index (χ3v) is 4.27. The van der Waals surface area contributed by atoms with Gasteiger partial charge < -0.3 is 11.1 Å². The van der Waals surface area contributed by atoms with Gasteiger partial charge in [0.05, 0.1) is 0 Å². The number of anilines is 1. The summed E-state index contributed by atoms with van der Waals surface area (Å²) in [5.74, 6) is 0.153. The summed E-state index contributed by atoms with van der Waals surface area (Å²) in [5.41, 5.74) is 7.89. The van der Waals surface area contributed by atoms with Crippen LogP contribution in [0.4, 0.5) is 5.13 Å². The molecule has 2 aromatic carbocycles. The van der Waals surface area contributed by atoms with E-state index in [4.69, 9.17) is 5.73 Å². The predicted molar refractivity (Wildman–Crippen MR) is 97.1 cm³/mol. The van der Waals surface area contributed by atoms with Crippen molar-refractivity contribution in [2.24, 2.45) is 5.73 Å². The van der Waals surface area contributed by atoms with Crippen molar-refractivity contribution in [1.82, 2.24) is 9.36 Å². The number of primary amides is 1. The van der Waals surface area contributed by atoms with Crippen molar-refractivity contribution >= 4 is 22.6 Å². The summed E-state index contributed by atoms with van der Waals surface area (Å²) < 4.78 is 4.34. The Morgan fingerprint density at radius 2 is 1.96 bits per heavy atom. The van der Waals surface area contributed by atoms with E-state index in [1.807, 2.05) is 12.1 Å². The largest absolute Gasteiger partial charge is 0.366 e. The number of nitrogens with one attached hydrogen (secondary N) is 1. The molecule has 0 aliphatic heterocycles. The molecule has 0 saturated heterocycles. The fraction of sp³-hybridized carbons (Fsp3) is 0.167. The van der Waals surface area contributed by atoms with Crippen LogP contribution >= 0.6 is 11.5 Å². The molecular formula is C18H18N4OS. The standard InChI is InChI=1S/C18H18N4OS/c19-16(23)14-9-4-10-15(12-14)17-21-18(24-22-17)20-11-5-8-13-6-2-1-3-7-13/h1-4,6-7,9-10,12H,5,8,11H2,(H2,19,23)(H,20,21,22). The van der Waals surface area contributed by atoms with E-state index >= 15 is 0 Å². The number of carbonyl (C=O) groups is 1. The van der Waals surface area contributed by atoms with Gasteiger partial charge in [-0.3, -0.25) is 4.79 Å². The molecular weight excluding hydrogens is 320 g/mol. The van der Waals surface area contributed by atoms with Crippen LogP contribution in [-0.2, 0) is 6.42 Å². The minimum atomic E-state index is -0.452. The number of carbonyl (C=O) groups excluding carboxylic acids is 1. The molecule has 122 valence electrons. The highest BCUT2D eigenvalue weighted by atomic mass is 32.1. The van der Waals surface area contributed by atoms with E-state index in [0.717, 1.165) is 30.1 Å². The molecule has 1 heterocycles. The third kappa shape index (κ3) is 4.17. The number of hydrogen-bond acceptors (Lipinski definition) is 5. The average Bonchev–Trinajstić information content (AvgIpc) is 3.09. The number of benzene rings is 2. The maximum absolute atomic E-state index is 11.3. The van der Waals surface area contributed by atoms with Crippen molar-refractivity contribution in [3.05, 3.63) is 65.7 Å². The zero-order valence-corrected chi connectivity index (χ0v) is 13.9. The molecule has 0 unspecified atom stereocenters. The first kappa shape index (κ1) is 16.1. The van der Waals surface area contributed by atoms with Gasteiger partial charge in [-0.2, -0.15) is 9.36 Å². The van der Waals surface area contributed by atoms with Gasteiger partial charge in [0.15, 0.2) is 5.82 Å². The highest BCUT2D eigenvalue weighted by Gasteiger charge is 2.08. The highest BCUT2D eigenvalue weighted by Crippen LogP contribution is 2.22. The third-order valence-electron chi connectivity index (χ3n) is 3.59. The zero-order valence-electron chi connectivity index (χ0n) is 13.1. The Hall–Kier alpha value is -2.73. The lowest BCUT2D eigenvalue weighted by atomic mass is 10.1. The Balaban J connectivity index is 1.56. The smallest absolute Gasteiger partial charge is 0.248 e. The average molecular weight is 338 g/mol. The quantitative estimate of drug-likeness (QED) is 0.647. The maximum atomic E-state index is 11.3. The molecule has 24 heavy (non-hydrogen) atoms. The van der Waals surface area contributed by atoms with Crippen LogP contribution in [0.5, 0.6) is 0 Å². The molecule has 0 fully saturated rings. The van der Waals surface area contributed by atoms with Crippen LogP contribution in [0.25, 0.3) is 11.4 Å². The molecule has 0 aliphatic rings. The van der Waals surface area contributed by atoms with Gasteiger partial charge in [-0.15, -0.1) is 0 Å². The first-order valence-corrected chi connectivity index (χ1v) is 8.51. The van der Waals surface area contributed by atoms with Crippen LogP contribution in [0.1, 0.15) is 22.3 Å². The van der Waals surface area contributed by atoms with Crippen molar-refractivity contribution < 1.29 is 4.79 Å². The molecule has 3 rings (SSSR count). The van der Waals surface area contributed by atoms with E-state index in [1.165, 1.54) is 17.1 Å². The summed E-state index contributed by atoms with van der Waals surface area (Å²) in [7, 11) is 0. The minimum absolute atomic E-state index is 0.452. The van der Waals surface area contributed by atoms with E-state index in [-0.39, 0.29) is 0 Å². The van der Waals surface area contributed by atoms with Gasteiger partial charge in [0.2, 0.25) is 11.0 Å². The lowest BCUT2D eigenvalue weighted by Crippen LogP contribution is -2.10. The SMILES string of the molecule is NC(=O)c1cccc(-c2nsc(NCCCc3ccccc3)n2)c1. The molecule has 0 atom stereocenters. The Bertz CT molecular complexity index is 817. The van der Waals surface area contributed by atoms with Crippen molar-refractivity contribution in [3.8, 4) is 11.4 Å². The minimum Gasteiger partial charge on any atom is -0.366 e. The van der Waals surface area contributed by atoms with Crippen molar-refractivity contribution in [3.63, 3.8) is 0 Å². The van der Waals surface area contributed by atoms with Crippen LogP contribution in [0.3, 0.4) is 0 Å². The van der Waals surface area contributed by atoms with Crippen molar-refractivity contribution in [2.45, 2.75) is 12.8 Å². The van der Waals surface area contributed by atoms with E-state index < -0.39 is 5.91 Å². The number of aryl methyl sites for hydroxylation is 1. The summed E-state index contributed by atoms with van der Waals surface area (Å²) in [6, 6.07) is 17.4. The molecule has 3 aromatic rings. The molecule has 5 nitrogen and oxygen atoms in total. The van der Waals surface area contributed by atoms with Gasteiger partial charge >= 0.3 is 0 Å². The number of amides is 1. The first-order chi connectivity index (χ1) is 11.7. The Kier molecular flexibility index (Phi) is 5.18. The van der Waals surface area contributed by atoms with Crippen molar-refractivity contribution in [2.75, 3.05) is 11.9 Å². The maximum Gasteiger partial charge on any atom is 0.248 e. The van der Waals surface area contributed by atoms with Gasteiger partial charge in [0, 0.05) is 29.2 Å². The van der Waals surface area contributed by atoms with E-state index in [0.29, 0.717) is 11.4 Å². The second kappa shape index (κ2) is 7.70. The van der Waals surface area contributed by atoms with Crippen LogP contribution < -0.4 is 11.1 Å². The Morgan fingerprint density at radius 1 is 1.12 bits per heavy atom. The Morgan fingerprint density at radius 3 is 2.75 bits per heavy atom. The van der Waals surface area contributed by atoms with Crippen LogP contribution in [-0.4, -0.2) is 21.8 Å². The van der Waals surface area contributed by atoms with E-state index in [9.17, 15) is 4.79 Å². The molecule has 3 N–H and O–H groups in total. The van der Waals surface area contributed by atoms with Gasteiger partial charge in [-0.1, -0.05) is 42.5 Å². The number of nitrogens with zero attached hydrogens (tertiary/aromatic N) is 2. The lowest BCUT2D eigenvalue weighted by Gasteiger charge is -2.02. The lowest BCUT2D eigenvalue weighted by molar-refractivity contribution is 0.100. The number of aromatic nitrogens is 2. The second-order valence-electron chi connectivity index (χ2n) is 5.38. The van der Waals surface area contributed by atoms with Gasteiger partial charge in [0.1, 0.15) is 0 Å². The molecule has 1 amide bonds. The molecule has 6 heteroatoms. The van der Waals surface area contributed by atoms with E-state index in [1.54, 1.807) is 18.2 Å². The van der Waals surface area contributed by atoms with Crippen LogP contribution in [0.15, 0.2) is 54.6 Å². The van der Waals surface area contributed by atoms with Crippen molar-refractivity contribution in [1.29, 1.82) is 0 Å². The second-order valence-corrected chi connectivity index (χ2v) is 6.14. The summed E-state index contributed by atoms with van der Waals surface area (Å²) >= 11 is 1.32. The van der Waals surface area contributed by atoms with Crippen LogP contribution in [0, 0.1) is 0 Å². The predicted octanol–water partition coefficient (Wildman–Crippen LogP) is 3.35. The van der Waals surface area contributed by atoms with Gasteiger partial charge in [-0.25, -0.2) is 0 Å². The van der Waals surface area contributed by atoms with E-state index in [2.05, 4.69) is 38.9 Å². The van der Waals surface area contributed by atoms with Crippen LogP contribution in [0.2, 0.25) is 0 Å². The first-order valence-electron chi connectivity index (χ1n) is 7.74. The monoisotopic (exact) mass is 338 g/mol. The normalized spacial score (nSPS) is 10.5. The molecule has 0 spiro atoms.